The van der Waals surface area contributed by atoms with Crippen molar-refractivity contribution in [2.75, 3.05) is 11.4 Å². The molecule has 2 rings (SSSR count). The molecule has 0 saturated heterocycles. The number of anilines is 1. The lowest BCUT2D eigenvalue weighted by molar-refractivity contribution is 0.0697. The summed E-state index contributed by atoms with van der Waals surface area (Å²) < 4.78 is 0. The van der Waals surface area contributed by atoms with Crippen LogP contribution >= 0.6 is 0 Å². The molecule has 0 saturated carbocycles. The molecule has 5 nitrogen and oxygen atoms in total. The van der Waals surface area contributed by atoms with Gasteiger partial charge >= 0.3 is 5.97 Å². The Morgan fingerprint density at radius 3 is 2.40 bits per heavy atom. The molecule has 5 heteroatoms. The maximum atomic E-state index is 12.5. The average Bonchev–Trinajstić information content (AvgIpc) is 2.49. The number of carbonyl (C=O) groups excluding carboxylic acids is 1. The van der Waals surface area contributed by atoms with E-state index in [1.54, 1.807) is 41.6 Å². The van der Waals surface area contributed by atoms with Crippen molar-refractivity contribution in [1.82, 2.24) is 4.98 Å². The maximum Gasteiger partial charge on any atom is 0.335 e. The number of amides is 1. The SMILES string of the molecule is CCN(C(=O)c1cccc(C(=O)O)c1)c1ccncc1. The summed E-state index contributed by atoms with van der Waals surface area (Å²) in [4.78, 5) is 28.9. The molecule has 0 fully saturated rings. The van der Waals surface area contributed by atoms with E-state index in [2.05, 4.69) is 4.98 Å². The molecule has 2 aromatic rings. The Balaban J connectivity index is 2.34. The Morgan fingerprint density at radius 2 is 1.80 bits per heavy atom. The minimum Gasteiger partial charge on any atom is -0.478 e. The van der Waals surface area contributed by atoms with Gasteiger partial charge in [0.05, 0.1) is 5.56 Å². The van der Waals surface area contributed by atoms with Crippen molar-refractivity contribution in [1.29, 1.82) is 0 Å². The molecule has 1 aromatic heterocycles. The molecular weight excluding hydrogens is 256 g/mol. The molecule has 0 radical (unpaired) electrons. The Kier molecular flexibility index (Phi) is 4.10. The highest BCUT2D eigenvalue weighted by Crippen LogP contribution is 2.16. The van der Waals surface area contributed by atoms with Crippen molar-refractivity contribution in [2.45, 2.75) is 6.92 Å². The summed E-state index contributed by atoms with van der Waals surface area (Å²) >= 11 is 0. The molecule has 0 spiro atoms. The van der Waals surface area contributed by atoms with Crippen LogP contribution < -0.4 is 4.90 Å². The van der Waals surface area contributed by atoms with Crippen molar-refractivity contribution in [3.05, 3.63) is 59.9 Å². The minimum absolute atomic E-state index is 0.0987. The monoisotopic (exact) mass is 270 g/mol. The van der Waals surface area contributed by atoms with Gasteiger partial charge in [0.1, 0.15) is 0 Å². The number of hydrogen-bond donors (Lipinski definition) is 1. The Hall–Kier alpha value is -2.69. The molecule has 1 amide bonds. The van der Waals surface area contributed by atoms with Crippen LogP contribution in [-0.2, 0) is 0 Å². The first-order chi connectivity index (χ1) is 9.63. The molecule has 0 atom stereocenters. The van der Waals surface area contributed by atoms with E-state index < -0.39 is 5.97 Å². The van der Waals surface area contributed by atoms with Crippen molar-refractivity contribution in [2.24, 2.45) is 0 Å². The zero-order valence-electron chi connectivity index (χ0n) is 11.0. The van der Waals surface area contributed by atoms with Gasteiger partial charge in [0.15, 0.2) is 0 Å². The number of carboxylic acids is 1. The molecule has 1 N–H and O–H groups in total. The Morgan fingerprint density at radius 1 is 1.15 bits per heavy atom. The molecule has 20 heavy (non-hydrogen) atoms. The summed E-state index contributed by atoms with van der Waals surface area (Å²) in [5.41, 5.74) is 1.18. The van der Waals surface area contributed by atoms with Crippen molar-refractivity contribution in [3.8, 4) is 0 Å². The lowest BCUT2D eigenvalue weighted by Crippen LogP contribution is -2.30. The summed E-state index contributed by atoms with van der Waals surface area (Å²) in [6.07, 6.45) is 3.22. The number of carbonyl (C=O) groups is 2. The largest absolute Gasteiger partial charge is 0.478 e. The minimum atomic E-state index is -1.05. The van der Waals surface area contributed by atoms with Crippen molar-refractivity contribution in [3.63, 3.8) is 0 Å². The lowest BCUT2D eigenvalue weighted by atomic mass is 10.1. The second-order valence-corrected chi connectivity index (χ2v) is 4.14. The number of benzene rings is 1. The third kappa shape index (κ3) is 2.83. The van der Waals surface area contributed by atoms with Crippen LogP contribution in [0.5, 0.6) is 0 Å². The molecular formula is C15H14N2O3. The van der Waals surface area contributed by atoms with Crippen LogP contribution in [0.4, 0.5) is 5.69 Å². The quantitative estimate of drug-likeness (QED) is 0.926. The van der Waals surface area contributed by atoms with Gasteiger partial charge in [-0.2, -0.15) is 0 Å². The highest BCUT2D eigenvalue weighted by Gasteiger charge is 2.17. The smallest absolute Gasteiger partial charge is 0.335 e. The first kappa shape index (κ1) is 13.7. The first-order valence-electron chi connectivity index (χ1n) is 6.18. The zero-order chi connectivity index (χ0) is 14.5. The summed E-state index contributed by atoms with van der Waals surface area (Å²) in [5.74, 6) is -1.28. The topological polar surface area (TPSA) is 70.5 Å². The highest BCUT2D eigenvalue weighted by atomic mass is 16.4. The van der Waals surface area contributed by atoms with Crippen LogP contribution in [0, 0.1) is 0 Å². The van der Waals surface area contributed by atoms with E-state index in [-0.39, 0.29) is 11.5 Å². The highest BCUT2D eigenvalue weighted by molar-refractivity contribution is 6.07. The van der Waals surface area contributed by atoms with E-state index in [4.69, 9.17) is 5.11 Å². The van der Waals surface area contributed by atoms with Gasteiger partial charge in [0.2, 0.25) is 0 Å². The molecule has 1 heterocycles. The summed E-state index contributed by atoms with van der Waals surface area (Å²) in [7, 11) is 0. The molecule has 0 unspecified atom stereocenters. The van der Waals surface area contributed by atoms with Gasteiger partial charge in [0.25, 0.3) is 5.91 Å². The fourth-order valence-corrected chi connectivity index (χ4v) is 1.91. The summed E-state index contributed by atoms with van der Waals surface area (Å²) in [6, 6.07) is 9.50. The fourth-order valence-electron chi connectivity index (χ4n) is 1.91. The molecule has 0 aliphatic rings. The van der Waals surface area contributed by atoms with Crippen LogP contribution in [0.3, 0.4) is 0 Å². The Bertz CT molecular complexity index is 626. The normalized spacial score (nSPS) is 10.1. The van der Waals surface area contributed by atoms with E-state index >= 15 is 0 Å². The Labute approximate surface area is 116 Å². The predicted octanol–water partition coefficient (Wildman–Crippen LogP) is 2.45. The number of pyridine rings is 1. The van der Waals surface area contributed by atoms with Gasteiger partial charge in [-0.1, -0.05) is 6.07 Å². The second kappa shape index (κ2) is 5.97. The third-order valence-electron chi connectivity index (χ3n) is 2.89. The third-order valence-corrected chi connectivity index (χ3v) is 2.89. The summed E-state index contributed by atoms with van der Waals surface area (Å²) in [5, 5.41) is 8.97. The van der Waals surface area contributed by atoms with Crippen LogP contribution in [0.15, 0.2) is 48.8 Å². The number of aromatic nitrogens is 1. The van der Waals surface area contributed by atoms with Gasteiger partial charge < -0.3 is 10.0 Å². The van der Waals surface area contributed by atoms with E-state index in [1.807, 2.05) is 6.92 Å². The van der Waals surface area contributed by atoms with Gasteiger partial charge in [0, 0.05) is 30.2 Å². The lowest BCUT2D eigenvalue weighted by Gasteiger charge is -2.21. The summed E-state index contributed by atoms with van der Waals surface area (Å²) in [6.45, 7) is 2.35. The van der Waals surface area contributed by atoms with Crippen LogP contribution in [0.2, 0.25) is 0 Å². The molecule has 0 aliphatic heterocycles. The van der Waals surface area contributed by atoms with Crippen LogP contribution in [-0.4, -0.2) is 28.5 Å². The molecule has 1 aromatic carbocycles. The van der Waals surface area contributed by atoms with Gasteiger partial charge in [-0.3, -0.25) is 9.78 Å². The molecule has 0 bridgehead atoms. The molecule has 0 aliphatic carbocycles. The van der Waals surface area contributed by atoms with E-state index in [0.29, 0.717) is 12.1 Å². The van der Waals surface area contributed by atoms with E-state index in [1.165, 1.54) is 12.1 Å². The second-order valence-electron chi connectivity index (χ2n) is 4.14. The number of aromatic carboxylic acids is 1. The number of rotatable bonds is 4. The first-order valence-corrected chi connectivity index (χ1v) is 6.18. The average molecular weight is 270 g/mol. The van der Waals surface area contributed by atoms with Crippen molar-refractivity contribution >= 4 is 17.6 Å². The molecule has 102 valence electrons. The van der Waals surface area contributed by atoms with Crippen LogP contribution in [0.25, 0.3) is 0 Å². The van der Waals surface area contributed by atoms with Gasteiger partial charge in [-0.25, -0.2) is 4.79 Å². The van der Waals surface area contributed by atoms with Crippen LogP contribution in [0.1, 0.15) is 27.6 Å². The standard InChI is InChI=1S/C15H14N2O3/c1-2-17(13-6-8-16-9-7-13)14(18)11-4-3-5-12(10-11)15(19)20/h3-10H,2H2,1H3,(H,19,20). The van der Waals surface area contributed by atoms with Gasteiger partial charge in [-0.15, -0.1) is 0 Å². The van der Waals surface area contributed by atoms with Gasteiger partial charge in [-0.05, 0) is 37.3 Å². The number of nitrogens with zero attached hydrogens (tertiary/aromatic N) is 2. The fraction of sp³-hybridized carbons (Fsp3) is 0.133. The maximum absolute atomic E-state index is 12.5. The zero-order valence-corrected chi connectivity index (χ0v) is 11.0. The van der Waals surface area contributed by atoms with E-state index in [9.17, 15) is 9.59 Å². The number of hydrogen-bond acceptors (Lipinski definition) is 3. The van der Waals surface area contributed by atoms with E-state index in [0.717, 1.165) is 5.69 Å². The number of carboxylic acid groups (broad SMARTS) is 1. The van der Waals surface area contributed by atoms with Crippen molar-refractivity contribution < 1.29 is 14.7 Å². The predicted molar refractivity (Wildman–Crippen MR) is 75.0 cm³/mol.